The summed E-state index contributed by atoms with van der Waals surface area (Å²) < 4.78 is 1.27. The van der Waals surface area contributed by atoms with Crippen molar-refractivity contribution in [1.82, 2.24) is 5.32 Å². The van der Waals surface area contributed by atoms with Gasteiger partial charge in [0.25, 0.3) is 0 Å². The fraction of sp³-hybridized carbons (Fsp3) is 0.765. The number of nitrogens with one attached hydrogen (secondary N) is 1. The molecule has 0 radical (unpaired) electrons. The smallest absolute Gasteiger partial charge is 0.0701 e. The van der Waals surface area contributed by atoms with Gasteiger partial charge in [0, 0.05) is 10.9 Å². The third kappa shape index (κ3) is 4.85. The fourth-order valence-corrected chi connectivity index (χ4v) is 5.00. The second kappa shape index (κ2) is 7.95. The molecule has 1 fully saturated rings. The van der Waals surface area contributed by atoms with Gasteiger partial charge in [-0.05, 0) is 71.6 Å². The molecule has 0 bridgehead atoms. The van der Waals surface area contributed by atoms with Gasteiger partial charge < -0.3 is 5.32 Å². The van der Waals surface area contributed by atoms with E-state index in [1.54, 1.807) is 4.88 Å². The topological polar surface area (TPSA) is 12.0 Å². The summed E-state index contributed by atoms with van der Waals surface area (Å²) in [6.45, 7) is 8.06. The van der Waals surface area contributed by atoms with Crippen LogP contribution in [0.4, 0.5) is 0 Å². The maximum Gasteiger partial charge on any atom is 0.0701 e. The molecule has 1 aliphatic carbocycles. The monoisotopic (exact) mass is 357 g/mol. The highest BCUT2D eigenvalue weighted by molar-refractivity contribution is 9.11. The molecular weight excluding hydrogens is 330 g/mol. The van der Waals surface area contributed by atoms with Crippen molar-refractivity contribution < 1.29 is 0 Å². The van der Waals surface area contributed by atoms with Crippen LogP contribution in [0.3, 0.4) is 0 Å². The highest BCUT2D eigenvalue weighted by atomic mass is 79.9. The van der Waals surface area contributed by atoms with Gasteiger partial charge in [-0.1, -0.05) is 33.6 Å². The molecule has 1 aliphatic rings. The second-order valence-electron chi connectivity index (χ2n) is 6.58. The van der Waals surface area contributed by atoms with Crippen LogP contribution in [0, 0.1) is 17.8 Å². The number of halogens is 1. The first-order chi connectivity index (χ1) is 9.58. The Morgan fingerprint density at radius 3 is 2.70 bits per heavy atom. The number of hydrogen-bond acceptors (Lipinski definition) is 2. The van der Waals surface area contributed by atoms with E-state index < -0.39 is 0 Å². The zero-order valence-electron chi connectivity index (χ0n) is 13.0. The van der Waals surface area contributed by atoms with Crippen molar-refractivity contribution in [3.63, 3.8) is 0 Å². The second-order valence-corrected chi connectivity index (χ2v) is 9.13. The number of thiophene rings is 1. The van der Waals surface area contributed by atoms with Crippen LogP contribution < -0.4 is 5.32 Å². The molecule has 1 aromatic rings. The zero-order valence-corrected chi connectivity index (χ0v) is 15.4. The summed E-state index contributed by atoms with van der Waals surface area (Å²) in [7, 11) is 0. The minimum atomic E-state index is 0.607. The molecule has 2 rings (SSSR count). The lowest BCUT2D eigenvalue weighted by molar-refractivity contribution is 0.170. The van der Waals surface area contributed by atoms with Gasteiger partial charge in [0.2, 0.25) is 0 Å². The SMILES string of the molecule is CCC1CCC(CNC(C)C)C(Cc2ccc(Br)s2)C1. The van der Waals surface area contributed by atoms with Crippen LogP contribution in [-0.2, 0) is 6.42 Å². The van der Waals surface area contributed by atoms with Crippen LogP contribution in [0.2, 0.25) is 0 Å². The van der Waals surface area contributed by atoms with Gasteiger partial charge in [0.05, 0.1) is 3.79 Å². The van der Waals surface area contributed by atoms with Crippen LogP contribution >= 0.6 is 27.3 Å². The molecule has 1 saturated carbocycles. The Morgan fingerprint density at radius 2 is 2.10 bits per heavy atom. The predicted molar refractivity (Wildman–Crippen MR) is 93.5 cm³/mol. The van der Waals surface area contributed by atoms with E-state index in [0.29, 0.717) is 6.04 Å². The van der Waals surface area contributed by atoms with Crippen LogP contribution in [0.15, 0.2) is 15.9 Å². The summed E-state index contributed by atoms with van der Waals surface area (Å²) in [5.41, 5.74) is 0. The molecule has 1 N–H and O–H groups in total. The van der Waals surface area contributed by atoms with Crippen LogP contribution in [0.1, 0.15) is 51.3 Å². The quantitative estimate of drug-likeness (QED) is 0.709. The van der Waals surface area contributed by atoms with Crippen LogP contribution in [0.5, 0.6) is 0 Å². The van der Waals surface area contributed by atoms with E-state index in [1.165, 1.54) is 42.4 Å². The summed E-state index contributed by atoms with van der Waals surface area (Å²) in [5, 5.41) is 3.66. The molecule has 0 saturated heterocycles. The zero-order chi connectivity index (χ0) is 14.5. The van der Waals surface area contributed by atoms with E-state index in [-0.39, 0.29) is 0 Å². The number of hydrogen-bond donors (Lipinski definition) is 1. The molecule has 3 atom stereocenters. The molecule has 20 heavy (non-hydrogen) atoms. The fourth-order valence-electron chi connectivity index (χ4n) is 3.42. The van der Waals surface area contributed by atoms with Crippen molar-refractivity contribution in [3.8, 4) is 0 Å². The van der Waals surface area contributed by atoms with Crippen LogP contribution in [-0.4, -0.2) is 12.6 Å². The maximum atomic E-state index is 3.66. The van der Waals surface area contributed by atoms with Crippen molar-refractivity contribution >= 4 is 27.3 Å². The van der Waals surface area contributed by atoms with E-state index in [2.05, 4.69) is 54.2 Å². The maximum absolute atomic E-state index is 3.66. The number of rotatable bonds is 6. The lowest BCUT2D eigenvalue weighted by Crippen LogP contribution is -2.36. The first-order valence-corrected chi connectivity index (χ1v) is 9.67. The van der Waals surface area contributed by atoms with Crippen molar-refractivity contribution in [2.45, 2.75) is 58.9 Å². The molecular formula is C17H28BrNS. The minimum Gasteiger partial charge on any atom is -0.314 e. The lowest BCUT2D eigenvalue weighted by atomic mass is 9.71. The van der Waals surface area contributed by atoms with Gasteiger partial charge in [-0.15, -0.1) is 11.3 Å². The largest absolute Gasteiger partial charge is 0.314 e. The molecule has 1 aromatic heterocycles. The summed E-state index contributed by atoms with van der Waals surface area (Å²) in [5.74, 6) is 2.69. The Morgan fingerprint density at radius 1 is 1.30 bits per heavy atom. The van der Waals surface area contributed by atoms with Gasteiger partial charge in [-0.3, -0.25) is 0 Å². The van der Waals surface area contributed by atoms with Gasteiger partial charge in [-0.2, -0.15) is 0 Å². The summed E-state index contributed by atoms with van der Waals surface area (Å²) >= 11 is 5.51. The minimum absolute atomic E-state index is 0.607. The van der Waals surface area contributed by atoms with Gasteiger partial charge in [-0.25, -0.2) is 0 Å². The van der Waals surface area contributed by atoms with Crippen LogP contribution in [0.25, 0.3) is 0 Å². The van der Waals surface area contributed by atoms with E-state index >= 15 is 0 Å². The van der Waals surface area contributed by atoms with Crippen molar-refractivity contribution in [2.24, 2.45) is 17.8 Å². The highest BCUT2D eigenvalue weighted by Crippen LogP contribution is 2.38. The molecule has 3 unspecified atom stereocenters. The van der Waals surface area contributed by atoms with Crippen molar-refractivity contribution in [1.29, 1.82) is 0 Å². The van der Waals surface area contributed by atoms with E-state index in [1.807, 2.05) is 11.3 Å². The third-order valence-electron chi connectivity index (χ3n) is 4.71. The molecule has 1 nitrogen and oxygen atoms in total. The van der Waals surface area contributed by atoms with E-state index in [9.17, 15) is 0 Å². The standard InChI is InChI=1S/C17H28BrNS/c1-4-13-5-6-14(11-19-12(2)3)15(9-13)10-16-7-8-17(18)20-16/h7-8,12-15,19H,4-6,9-11H2,1-3H3. The van der Waals surface area contributed by atoms with Gasteiger partial charge in [0.15, 0.2) is 0 Å². The Kier molecular flexibility index (Phi) is 6.57. The summed E-state index contributed by atoms with van der Waals surface area (Å²) in [6.07, 6.45) is 6.91. The lowest BCUT2D eigenvalue weighted by Gasteiger charge is -2.36. The summed E-state index contributed by atoms with van der Waals surface area (Å²) in [6, 6.07) is 5.11. The Hall–Kier alpha value is 0.140. The Balaban J connectivity index is 1.97. The Bertz CT molecular complexity index is 401. The van der Waals surface area contributed by atoms with E-state index in [4.69, 9.17) is 0 Å². The van der Waals surface area contributed by atoms with Gasteiger partial charge in [0.1, 0.15) is 0 Å². The molecule has 0 aromatic carbocycles. The molecule has 3 heteroatoms. The summed E-state index contributed by atoms with van der Waals surface area (Å²) in [4.78, 5) is 1.55. The highest BCUT2D eigenvalue weighted by Gasteiger charge is 2.30. The van der Waals surface area contributed by atoms with Gasteiger partial charge >= 0.3 is 0 Å². The third-order valence-corrected chi connectivity index (χ3v) is 6.35. The molecule has 0 aliphatic heterocycles. The average molecular weight is 358 g/mol. The molecule has 114 valence electrons. The first kappa shape index (κ1) is 16.5. The average Bonchev–Trinajstić information content (AvgIpc) is 2.82. The predicted octanol–water partition coefficient (Wildman–Crippen LogP) is 5.49. The van der Waals surface area contributed by atoms with Crippen molar-refractivity contribution in [2.75, 3.05) is 6.54 Å². The normalized spacial score (nSPS) is 27.1. The van der Waals surface area contributed by atoms with E-state index in [0.717, 1.165) is 17.8 Å². The molecule has 0 amide bonds. The van der Waals surface area contributed by atoms with Crippen molar-refractivity contribution in [3.05, 3.63) is 20.8 Å². The molecule has 0 spiro atoms. The Labute approximate surface area is 136 Å². The molecule has 1 heterocycles. The first-order valence-electron chi connectivity index (χ1n) is 8.06.